The van der Waals surface area contributed by atoms with Gasteiger partial charge in [-0.15, -0.1) is 0 Å². The van der Waals surface area contributed by atoms with Gasteiger partial charge in [0.1, 0.15) is 0 Å². The molecule has 0 aliphatic heterocycles. The van der Waals surface area contributed by atoms with Crippen molar-refractivity contribution < 1.29 is 4.74 Å². The van der Waals surface area contributed by atoms with Crippen LogP contribution in [0.25, 0.3) is 0 Å². The summed E-state index contributed by atoms with van der Waals surface area (Å²) in [6, 6.07) is 2.12. The van der Waals surface area contributed by atoms with Crippen molar-refractivity contribution in [3.05, 3.63) is 17.5 Å². The van der Waals surface area contributed by atoms with Crippen LogP contribution in [0.4, 0.5) is 0 Å². The lowest BCUT2D eigenvalue weighted by Crippen LogP contribution is -2.22. The van der Waals surface area contributed by atoms with Crippen LogP contribution in [0.3, 0.4) is 0 Å². The molecule has 0 aliphatic rings. The number of nitrogens with zero attached hydrogens (tertiary/aromatic N) is 2. The van der Waals surface area contributed by atoms with Crippen LogP contribution in [0.1, 0.15) is 32.2 Å². The zero-order valence-corrected chi connectivity index (χ0v) is 10.8. The van der Waals surface area contributed by atoms with Crippen molar-refractivity contribution in [3.8, 4) is 0 Å². The van der Waals surface area contributed by atoms with E-state index in [0.717, 1.165) is 31.9 Å². The van der Waals surface area contributed by atoms with E-state index in [-0.39, 0.29) is 0 Å². The fraction of sp³-hybridized carbons (Fsp3) is 0.750. The van der Waals surface area contributed by atoms with Crippen LogP contribution in [0.15, 0.2) is 6.07 Å². The smallest absolute Gasteiger partial charge is 0.0597 e. The summed E-state index contributed by atoms with van der Waals surface area (Å²) in [5.41, 5.74) is 2.32. The van der Waals surface area contributed by atoms with Gasteiger partial charge in [0.25, 0.3) is 0 Å². The van der Waals surface area contributed by atoms with Gasteiger partial charge < -0.3 is 10.1 Å². The number of hydrogen-bond donors (Lipinski definition) is 1. The molecule has 0 bridgehead atoms. The fourth-order valence-corrected chi connectivity index (χ4v) is 1.60. The minimum absolute atomic E-state index is 0.310. The number of rotatable bonds is 7. The number of aromatic nitrogens is 2. The number of ether oxygens (including phenoxy) is 1. The Labute approximate surface area is 98.0 Å². The molecular weight excluding hydrogens is 202 g/mol. The van der Waals surface area contributed by atoms with Gasteiger partial charge in [-0.2, -0.15) is 5.10 Å². The highest BCUT2D eigenvalue weighted by molar-refractivity contribution is 5.08. The number of nitrogens with one attached hydrogen (secondary N) is 1. The van der Waals surface area contributed by atoms with Crippen LogP contribution in [-0.4, -0.2) is 29.0 Å². The summed E-state index contributed by atoms with van der Waals surface area (Å²) in [5.74, 6) is 0. The maximum atomic E-state index is 5.46. The standard InChI is InChI=1S/C12H23N3O/c1-5-15-12(8-11(4)14-15)9-13-6-7-16-10(2)3/h8,10,13H,5-7,9H2,1-4H3. The third kappa shape index (κ3) is 4.33. The van der Waals surface area contributed by atoms with Crippen molar-refractivity contribution in [1.29, 1.82) is 0 Å². The molecule has 0 unspecified atom stereocenters. The lowest BCUT2D eigenvalue weighted by atomic mass is 10.3. The van der Waals surface area contributed by atoms with Crippen LogP contribution < -0.4 is 5.32 Å². The molecule has 1 heterocycles. The van der Waals surface area contributed by atoms with Gasteiger partial charge in [-0.05, 0) is 33.8 Å². The second-order valence-electron chi connectivity index (χ2n) is 4.19. The molecule has 4 heteroatoms. The first kappa shape index (κ1) is 13.2. The van der Waals surface area contributed by atoms with E-state index in [1.165, 1.54) is 5.69 Å². The highest BCUT2D eigenvalue weighted by Crippen LogP contribution is 2.02. The maximum Gasteiger partial charge on any atom is 0.0597 e. The first-order valence-electron chi connectivity index (χ1n) is 5.99. The molecule has 0 atom stereocenters. The Kier molecular flexibility index (Phi) is 5.49. The average Bonchev–Trinajstić information content (AvgIpc) is 2.58. The highest BCUT2D eigenvalue weighted by atomic mass is 16.5. The Morgan fingerprint density at radius 3 is 2.88 bits per heavy atom. The summed E-state index contributed by atoms with van der Waals surface area (Å²) in [4.78, 5) is 0. The predicted octanol–water partition coefficient (Wildman–Crippen LogP) is 1.73. The van der Waals surface area contributed by atoms with Gasteiger partial charge in [0.2, 0.25) is 0 Å². The van der Waals surface area contributed by atoms with E-state index in [9.17, 15) is 0 Å². The van der Waals surface area contributed by atoms with E-state index < -0.39 is 0 Å². The lowest BCUT2D eigenvalue weighted by Gasteiger charge is -2.09. The molecular formula is C12H23N3O. The molecule has 1 aromatic heterocycles. The lowest BCUT2D eigenvalue weighted by molar-refractivity contribution is 0.0806. The Morgan fingerprint density at radius 2 is 2.25 bits per heavy atom. The van der Waals surface area contributed by atoms with E-state index in [4.69, 9.17) is 4.74 Å². The van der Waals surface area contributed by atoms with Crippen LogP contribution in [0, 0.1) is 6.92 Å². The van der Waals surface area contributed by atoms with Gasteiger partial charge in [0, 0.05) is 19.6 Å². The molecule has 0 aliphatic carbocycles. The molecule has 16 heavy (non-hydrogen) atoms. The maximum absolute atomic E-state index is 5.46. The summed E-state index contributed by atoms with van der Waals surface area (Å²) in [6.45, 7) is 11.7. The van der Waals surface area contributed by atoms with Gasteiger partial charge in [0.05, 0.1) is 24.1 Å². The van der Waals surface area contributed by atoms with Gasteiger partial charge >= 0.3 is 0 Å². The topological polar surface area (TPSA) is 39.1 Å². The van der Waals surface area contributed by atoms with E-state index >= 15 is 0 Å². The van der Waals surface area contributed by atoms with Crippen molar-refractivity contribution in [2.75, 3.05) is 13.2 Å². The third-order valence-corrected chi connectivity index (χ3v) is 2.32. The summed E-state index contributed by atoms with van der Waals surface area (Å²) in [5, 5.41) is 7.76. The SMILES string of the molecule is CCn1nc(C)cc1CNCCOC(C)C. The minimum atomic E-state index is 0.310. The predicted molar refractivity (Wildman–Crippen MR) is 65.4 cm³/mol. The Hall–Kier alpha value is -0.870. The second-order valence-corrected chi connectivity index (χ2v) is 4.19. The molecule has 0 spiro atoms. The molecule has 4 nitrogen and oxygen atoms in total. The van der Waals surface area contributed by atoms with Gasteiger partial charge in [0.15, 0.2) is 0 Å². The Balaban J connectivity index is 2.26. The molecule has 0 saturated heterocycles. The summed E-state index contributed by atoms with van der Waals surface area (Å²) < 4.78 is 7.49. The quantitative estimate of drug-likeness (QED) is 0.718. The Morgan fingerprint density at radius 1 is 1.50 bits per heavy atom. The van der Waals surface area contributed by atoms with E-state index in [2.05, 4.69) is 37.3 Å². The van der Waals surface area contributed by atoms with Crippen molar-refractivity contribution in [1.82, 2.24) is 15.1 Å². The molecule has 0 radical (unpaired) electrons. The first-order valence-corrected chi connectivity index (χ1v) is 5.99. The highest BCUT2D eigenvalue weighted by Gasteiger charge is 2.02. The van der Waals surface area contributed by atoms with E-state index in [1.54, 1.807) is 0 Å². The molecule has 0 saturated carbocycles. The van der Waals surface area contributed by atoms with Crippen LogP contribution in [0.2, 0.25) is 0 Å². The molecule has 0 fully saturated rings. The van der Waals surface area contributed by atoms with Crippen LogP contribution in [-0.2, 0) is 17.8 Å². The third-order valence-electron chi connectivity index (χ3n) is 2.32. The molecule has 0 aromatic carbocycles. The molecule has 92 valence electrons. The average molecular weight is 225 g/mol. The normalized spacial score (nSPS) is 11.3. The van der Waals surface area contributed by atoms with Crippen molar-refractivity contribution >= 4 is 0 Å². The van der Waals surface area contributed by atoms with Crippen LogP contribution in [0.5, 0.6) is 0 Å². The molecule has 0 amide bonds. The van der Waals surface area contributed by atoms with E-state index in [1.807, 2.05) is 11.6 Å². The molecule has 1 aromatic rings. The summed E-state index contributed by atoms with van der Waals surface area (Å²) in [7, 11) is 0. The van der Waals surface area contributed by atoms with E-state index in [0.29, 0.717) is 6.10 Å². The van der Waals surface area contributed by atoms with Crippen molar-refractivity contribution in [3.63, 3.8) is 0 Å². The molecule has 1 rings (SSSR count). The number of aryl methyl sites for hydroxylation is 2. The molecule has 1 N–H and O–H groups in total. The monoisotopic (exact) mass is 225 g/mol. The zero-order chi connectivity index (χ0) is 12.0. The van der Waals surface area contributed by atoms with Crippen molar-refractivity contribution in [2.24, 2.45) is 0 Å². The van der Waals surface area contributed by atoms with Gasteiger partial charge in [-0.1, -0.05) is 0 Å². The first-order chi connectivity index (χ1) is 7.63. The summed E-state index contributed by atoms with van der Waals surface area (Å²) >= 11 is 0. The number of hydrogen-bond acceptors (Lipinski definition) is 3. The van der Waals surface area contributed by atoms with Crippen LogP contribution >= 0.6 is 0 Å². The summed E-state index contributed by atoms with van der Waals surface area (Å²) in [6.07, 6.45) is 0.310. The Bertz CT molecular complexity index is 307. The zero-order valence-electron chi connectivity index (χ0n) is 10.8. The largest absolute Gasteiger partial charge is 0.377 e. The second kappa shape index (κ2) is 6.66. The van der Waals surface area contributed by atoms with Crippen molar-refractivity contribution in [2.45, 2.75) is 46.9 Å². The fourth-order valence-electron chi connectivity index (χ4n) is 1.60. The van der Waals surface area contributed by atoms with Gasteiger partial charge in [-0.25, -0.2) is 0 Å². The minimum Gasteiger partial charge on any atom is -0.377 e. The van der Waals surface area contributed by atoms with Gasteiger partial charge in [-0.3, -0.25) is 4.68 Å².